The minimum atomic E-state index is -1.03. The Hall–Kier alpha value is -21.3. The van der Waals surface area contributed by atoms with Gasteiger partial charge < -0.3 is 136 Å². The van der Waals surface area contributed by atoms with Gasteiger partial charge in [-0.2, -0.15) is 0 Å². The van der Waals surface area contributed by atoms with Gasteiger partial charge in [-0.25, -0.2) is 0 Å². The lowest BCUT2D eigenvalue weighted by Crippen LogP contribution is -1.96. The molecule has 3 aromatic heterocycles. The molecular formula is C122H76O27. The molecule has 0 unspecified atom stereocenters. The Balaban J connectivity index is 0.000000120. The average molecular weight is 1970 g/mol. The van der Waals surface area contributed by atoms with E-state index in [2.05, 4.69) is 0 Å². The highest BCUT2D eigenvalue weighted by Gasteiger charge is 2.39. The number of phenolic OH excluding ortho intramolecular Hbond substituents is 24. The highest BCUT2D eigenvalue weighted by Crippen LogP contribution is 2.68. The van der Waals surface area contributed by atoms with Gasteiger partial charge in [-0.1, -0.05) is 243 Å². The van der Waals surface area contributed by atoms with E-state index in [1.807, 2.05) is 188 Å². The number of phenols is 24. The number of hydrogen-bond donors (Lipinski definition) is 24. The molecule has 26 rings (SSSR count). The zero-order valence-electron chi connectivity index (χ0n) is 77.0. The summed E-state index contributed by atoms with van der Waals surface area (Å²) in [5.74, 6) is -22.4. The lowest BCUT2D eigenvalue weighted by atomic mass is 9.81. The Morgan fingerprint density at radius 3 is 0.624 bits per heavy atom. The van der Waals surface area contributed by atoms with Crippen LogP contribution in [-0.2, 0) is 0 Å². The van der Waals surface area contributed by atoms with Crippen LogP contribution in [0.25, 0.3) is 252 Å². The van der Waals surface area contributed by atoms with Crippen LogP contribution in [0.5, 0.6) is 138 Å². The number of fused-ring (bicyclic) bond motifs is 17. The SMILES string of the molecule is Oc1c(O)c(O)c2c(-c3ccc4oc5ccccc5c4c3)c3c(O)c(O)c(O)c(O)c3c(-c3ccc4cc(-c5ccccc5)ccc4c3)c2c1O.Oc1c(O)c(O)c2c(-c3ccc4oc5ccccc5c4c3)c3c(O)c(O)c(O)c(O)c3c(-c3ccc4ccccc4c3)c2c1O.Oc1c(O)c(O)c2c(-c3ccccc3-c3ccc(-c4ccccc4)cc3)c3c(O)c(O)c(O)c(O)c3c(-c3ccc4oc5ccccc5c4c3)c2c1O. The highest BCUT2D eigenvalue weighted by molar-refractivity contribution is 6.34. The van der Waals surface area contributed by atoms with Crippen LogP contribution in [-0.4, -0.2) is 123 Å². The maximum Gasteiger partial charge on any atom is 0.204 e. The number of benzene rings is 23. The van der Waals surface area contributed by atoms with Gasteiger partial charge in [0.25, 0.3) is 0 Å². The van der Waals surface area contributed by atoms with Gasteiger partial charge in [0.1, 0.15) is 33.5 Å². The molecule has 26 aromatic rings. The zero-order valence-corrected chi connectivity index (χ0v) is 77.0. The summed E-state index contributed by atoms with van der Waals surface area (Å²) in [7, 11) is 0. The van der Waals surface area contributed by atoms with Crippen molar-refractivity contribution in [1.82, 2.24) is 0 Å². The van der Waals surface area contributed by atoms with Crippen LogP contribution in [0, 0.1) is 0 Å². The number of aromatic hydroxyl groups is 24. The summed E-state index contributed by atoms with van der Waals surface area (Å²) in [6, 6.07) is 94.8. The third-order valence-corrected chi connectivity index (χ3v) is 28.1. The molecule has 0 atom stereocenters. The van der Waals surface area contributed by atoms with E-state index in [4.69, 9.17) is 13.3 Å². The molecule has 0 aliphatic heterocycles. The highest BCUT2D eigenvalue weighted by atomic mass is 16.4. The summed E-state index contributed by atoms with van der Waals surface area (Å²) in [5.41, 5.74) is 10.5. The predicted octanol–water partition coefficient (Wildman–Crippen LogP) is 27.9. The van der Waals surface area contributed by atoms with Crippen molar-refractivity contribution < 1.29 is 136 Å². The van der Waals surface area contributed by atoms with Crippen LogP contribution in [0.2, 0.25) is 0 Å². The fourth-order valence-corrected chi connectivity index (χ4v) is 21.2. The summed E-state index contributed by atoms with van der Waals surface area (Å²) in [6.07, 6.45) is 0. The maximum atomic E-state index is 11.7. The Bertz CT molecular complexity index is 10100. The van der Waals surface area contributed by atoms with Crippen molar-refractivity contribution in [2.75, 3.05) is 0 Å². The molecular weight excluding hydrogens is 1900 g/mol. The maximum absolute atomic E-state index is 11.7. The molecule has 27 nitrogen and oxygen atoms in total. The minimum absolute atomic E-state index is 0.00413. The first-order valence-corrected chi connectivity index (χ1v) is 46.3. The van der Waals surface area contributed by atoms with E-state index in [-0.39, 0.29) is 98.0 Å². The fourth-order valence-electron chi connectivity index (χ4n) is 21.2. The van der Waals surface area contributed by atoms with Crippen molar-refractivity contribution in [3.8, 4) is 238 Å². The van der Waals surface area contributed by atoms with Crippen molar-refractivity contribution in [2.45, 2.75) is 0 Å². The molecule has 0 radical (unpaired) electrons. The smallest absolute Gasteiger partial charge is 0.204 e. The van der Waals surface area contributed by atoms with E-state index in [9.17, 15) is 123 Å². The number of furan rings is 3. The second kappa shape index (κ2) is 33.7. The molecule has 0 saturated carbocycles. The third kappa shape index (κ3) is 13.5. The fraction of sp³-hybridized carbons (Fsp3) is 0. The quantitative estimate of drug-likeness (QED) is 0.0362. The number of para-hydroxylation sites is 3. The van der Waals surface area contributed by atoms with Crippen molar-refractivity contribution in [2.24, 2.45) is 0 Å². The molecule has 3 heterocycles. The second-order valence-electron chi connectivity index (χ2n) is 36.2. The van der Waals surface area contributed by atoms with E-state index < -0.39 is 138 Å². The standard InChI is InChI=1S/C44H28O9.C42H26O9.C36H22O9/c45-37-33-31(24-18-19-30-28(20-24)26-11-6-7-13-29(26)53-30)34-36(40(48)44(52)42(50)38(34)46)32(35(33)39(47)43(51)41(37)49)27-12-5-4-10-25(27)23-16-14-22(15-17-23)21-8-2-1-3-9-21;43-35-31-29(23-13-12-21-16-20(10-11-22(21)17-23)19-6-2-1-3-7-19)32-34(38(46)42(50)40(48)36(32)44)30(33(31)37(45)41(49)39(35)47)24-14-15-28-26(18-24)25-8-4-5-9-27(25)51-28;37-29-25-23(17-10-9-15-5-1-2-6-16(15)13-17)26-28(32(40)36(44)34(42)30(26)38)24(27(25)31(39)35(43)33(29)41)18-11-12-22-20(14-18)19-7-3-4-8-21(19)45-22/h1-20,45-52H;1-18,43-50H;1-14,37-44H. The first-order valence-electron chi connectivity index (χ1n) is 46.3. The summed E-state index contributed by atoms with van der Waals surface area (Å²) in [5, 5.41) is 274. The van der Waals surface area contributed by atoms with Crippen LogP contribution < -0.4 is 0 Å². The summed E-state index contributed by atoms with van der Waals surface area (Å²) in [6.45, 7) is 0. The predicted molar refractivity (Wildman–Crippen MR) is 570 cm³/mol. The summed E-state index contributed by atoms with van der Waals surface area (Å²) >= 11 is 0. The first kappa shape index (κ1) is 90.3. The lowest BCUT2D eigenvalue weighted by Gasteiger charge is -2.23. The largest absolute Gasteiger partial charge is 0.504 e. The average Bonchev–Trinajstić information content (AvgIpc) is 0.726. The van der Waals surface area contributed by atoms with Crippen LogP contribution in [0.15, 0.2) is 329 Å². The number of hydrogen-bond acceptors (Lipinski definition) is 27. The van der Waals surface area contributed by atoms with Gasteiger partial charge in [-0.15, -0.1) is 0 Å². The normalized spacial score (nSPS) is 11.7. The van der Waals surface area contributed by atoms with Gasteiger partial charge in [0.05, 0.1) is 0 Å². The molecule has 27 heteroatoms. The van der Waals surface area contributed by atoms with Crippen LogP contribution in [0.1, 0.15) is 0 Å². The van der Waals surface area contributed by atoms with Crippen LogP contribution in [0.3, 0.4) is 0 Å². The van der Waals surface area contributed by atoms with Crippen LogP contribution in [0.4, 0.5) is 0 Å². The van der Waals surface area contributed by atoms with Gasteiger partial charge in [0.15, 0.2) is 69.0 Å². The van der Waals surface area contributed by atoms with Gasteiger partial charge in [0.2, 0.25) is 69.0 Å². The van der Waals surface area contributed by atoms with Crippen molar-refractivity contribution in [3.05, 3.63) is 315 Å². The molecule has 0 aliphatic carbocycles. The zero-order chi connectivity index (χ0) is 103. The second-order valence-corrected chi connectivity index (χ2v) is 36.2. The molecule has 0 bridgehead atoms. The molecule has 149 heavy (non-hydrogen) atoms. The van der Waals surface area contributed by atoms with Gasteiger partial charge in [-0.3, -0.25) is 0 Å². The van der Waals surface area contributed by atoms with Gasteiger partial charge in [0, 0.05) is 130 Å². The molecule has 726 valence electrons. The van der Waals surface area contributed by atoms with E-state index in [0.29, 0.717) is 94.2 Å². The van der Waals surface area contributed by atoms with E-state index in [0.717, 1.165) is 60.0 Å². The van der Waals surface area contributed by atoms with Crippen molar-refractivity contribution in [1.29, 1.82) is 0 Å². The summed E-state index contributed by atoms with van der Waals surface area (Å²) < 4.78 is 18.0. The molecule has 0 amide bonds. The van der Waals surface area contributed by atoms with Gasteiger partial charge >= 0.3 is 0 Å². The van der Waals surface area contributed by atoms with E-state index in [1.54, 1.807) is 127 Å². The van der Waals surface area contributed by atoms with Crippen molar-refractivity contribution >= 4 is 152 Å². The van der Waals surface area contributed by atoms with Crippen LogP contribution >= 0.6 is 0 Å². The molecule has 0 saturated heterocycles. The molecule has 0 spiro atoms. The Morgan fingerprint density at radius 1 is 0.114 bits per heavy atom. The minimum Gasteiger partial charge on any atom is -0.504 e. The summed E-state index contributed by atoms with van der Waals surface area (Å²) in [4.78, 5) is 0. The Kier molecular flexibility index (Phi) is 20.4. The van der Waals surface area contributed by atoms with Crippen molar-refractivity contribution in [3.63, 3.8) is 0 Å². The Morgan fingerprint density at radius 2 is 0.309 bits per heavy atom. The molecule has 0 aliphatic rings. The Labute approximate surface area is 836 Å². The third-order valence-electron chi connectivity index (χ3n) is 28.1. The number of rotatable bonds is 9. The topological polar surface area (TPSA) is 525 Å². The van der Waals surface area contributed by atoms with E-state index in [1.165, 1.54) is 0 Å². The monoisotopic (exact) mass is 1970 g/mol. The lowest BCUT2D eigenvalue weighted by molar-refractivity contribution is 0.350. The van der Waals surface area contributed by atoms with Gasteiger partial charge in [-0.05, 0) is 161 Å². The molecule has 0 fully saturated rings. The van der Waals surface area contributed by atoms with E-state index >= 15 is 0 Å². The molecule has 23 aromatic carbocycles. The first-order chi connectivity index (χ1) is 72.0. The molecule has 24 N–H and O–H groups in total.